The highest BCUT2D eigenvalue weighted by Gasteiger charge is 2.13. The lowest BCUT2D eigenvalue weighted by molar-refractivity contribution is 0.411. The fourth-order valence-electron chi connectivity index (χ4n) is 2.53. The minimum atomic E-state index is 0.678. The Hall–Kier alpha value is -1.22. The zero-order valence-electron chi connectivity index (χ0n) is 13.2. The Balaban J connectivity index is 2.87. The second-order valence-corrected chi connectivity index (χ2v) is 5.25. The van der Waals surface area contributed by atoms with Crippen molar-refractivity contribution in [3.63, 3.8) is 0 Å². The quantitative estimate of drug-likeness (QED) is 0.819. The molecule has 0 bridgehead atoms. The molecule has 19 heavy (non-hydrogen) atoms. The zero-order chi connectivity index (χ0) is 14.4. The number of nitrogens with zero attached hydrogens (tertiary/aromatic N) is 1. The zero-order valence-corrected chi connectivity index (χ0v) is 13.2. The lowest BCUT2D eigenvalue weighted by atomic mass is 10.0. The molecule has 1 rings (SSSR count). The highest BCUT2D eigenvalue weighted by Crippen LogP contribution is 2.29. The molecule has 0 heterocycles. The second-order valence-electron chi connectivity index (χ2n) is 5.25. The van der Waals surface area contributed by atoms with E-state index < -0.39 is 0 Å². The number of benzene rings is 1. The van der Waals surface area contributed by atoms with Crippen molar-refractivity contribution in [2.75, 3.05) is 39.2 Å². The predicted molar refractivity (Wildman–Crippen MR) is 83.4 cm³/mol. The minimum Gasteiger partial charge on any atom is -0.496 e. The van der Waals surface area contributed by atoms with Crippen LogP contribution < -0.4 is 15.0 Å². The van der Waals surface area contributed by atoms with E-state index in [1.54, 1.807) is 7.11 Å². The molecular formula is C16H28N2O. The van der Waals surface area contributed by atoms with Gasteiger partial charge in [-0.1, -0.05) is 13.3 Å². The van der Waals surface area contributed by atoms with Crippen LogP contribution >= 0.6 is 0 Å². The van der Waals surface area contributed by atoms with Gasteiger partial charge < -0.3 is 15.0 Å². The van der Waals surface area contributed by atoms with Crippen LogP contribution in [0.3, 0.4) is 0 Å². The van der Waals surface area contributed by atoms with Gasteiger partial charge in [0.15, 0.2) is 0 Å². The topological polar surface area (TPSA) is 24.5 Å². The number of anilines is 1. The normalized spacial score (nSPS) is 12.3. The summed E-state index contributed by atoms with van der Waals surface area (Å²) in [6.45, 7) is 8.68. The van der Waals surface area contributed by atoms with E-state index in [-0.39, 0.29) is 0 Å². The van der Waals surface area contributed by atoms with Gasteiger partial charge in [0, 0.05) is 19.3 Å². The number of nitrogens with one attached hydrogen (secondary N) is 1. The van der Waals surface area contributed by atoms with Gasteiger partial charge in [-0.05, 0) is 56.6 Å². The first-order valence-electron chi connectivity index (χ1n) is 7.05. The molecule has 1 aromatic rings. The van der Waals surface area contributed by atoms with Crippen molar-refractivity contribution in [1.82, 2.24) is 5.32 Å². The van der Waals surface area contributed by atoms with Crippen LogP contribution in [-0.4, -0.2) is 34.3 Å². The molecule has 0 amide bonds. The predicted octanol–water partition coefficient (Wildman–Crippen LogP) is 2.99. The van der Waals surface area contributed by atoms with Crippen LogP contribution in [0, 0.1) is 19.8 Å². The van der Waals surface area contributed by atoms with E-state index in [1.165, 1.54) is 23.2 Å². The first-order chi connectivity index (χ1) is 9.04. The molecule has 0 radical (unpaired) electrons. The molecule has 0 saturated heterocycles. The van der Waals surface area contributed by atoms with Gasteiger partial charge in [-0.3, -0.25) is 0 Å². The molecule has 0 aliphatic carbocycles. The molecule has 1 N–H and O–H groups in total. The number of rotatable bonds is 7. The first-order valence-corrected chi connectivity index (χ1v) is 7.05. The van der Waals surface area contributed by atoms with Gasteiger partial charge in [0.2, 0.25) is 0 Å². The molecule has 1 unspecified atom stereocenters. The van der Waals surface area contributed by atoms with Gasteiger partial charge in [-0.2, -0.15) is 0 Å². The van der Waals surface area contributed by atoms with Crippen LogP contribution in [0.1, 0.15) is 24.5 Å². The fraction of sp³-hybridized carbons (Fsp3) is 0.625. The van der Waals surface area contributed by atoms with Gasteiger partial charge in [-0.15, -0.1) is 0 Å². The summed E-state index contributed by atoms with van der Waals surface area (Å²) in [6.07, 6.45) is 1.19. The van der Waals surface area contributed by atoms with E-state index in [4.69, 9.17) is 4.74 Å². The molecule has 108 valence electrons. The summed E-state index contributed by atoms with van der Waals surface area (Å²) < 4.78 is 5.37. The molecule has 3 nitrogen and oxygen atoms in total. The van der Waals surface area contributed by atoms with Crippen molar-refractivity contribution < 1.29 is 4.74 Å². The largest absolute Gasteiger partial charge is 0.496 e. The maximum atomic E-state index is 5.37. The summed E-state index contributed by atoms with van der Waals surface area (Å²) >= 11 is 0. The SMILES string of the molecule is CCC(CNC)CN(C)c1ccc(OC)c(C)c1C. The molecule has 0 spiro atoms. The number of hydrogen-bond acceptors (Lipinski definition) is 3. The molecule has 1 atom stereocenters. The van der Waals surface area contributed by atoms with Gasteiger partial charge in [0.25, 0.3) is 0 Å². The highest BCUT2D eigenvalue weighted by molar-refractivity contribution is 5.59. The van der Waals surface area contributed by atoms with E-state index in [2.05, 4.69) is 50.2 Å². The maximum Gasteiger partial charge on any atom is 0.122 e. The van der Waals surface area contributed by atoms with Crippen molar-refractivity contribution in [1.29, 1.82) is 0 Å². The highest BCUT2D eigenvalue weighted by atomic mass is 16.5. The average molecular weight is 264 g/mol. The smallest absolute Gasteiger partial charge is 0.122 e. The molecule has 3 heteroatoms. The summed E-state index contributed by atoms with van der Waals surface area (Å²) in [4.78, 5) is 2.35. The summed E-state index contributed by atoms with van der Waals surface area (Å²) in [5.41, 5.74) is 3.84. The Morgan fingerprint density at radius 3 is 2.47 bits per heavy atom. The third-order valence-corrected chi connectivity index (χ3v) is 3.94. The first kappa shape index (κ1) is 15.8. The monoisotopic (exact) mass is 264 g/mol. The van der Waals surface area contributed by atoms with Crippen LogP contribution in [0.15, 0.2) is 12.1 Å². The van der Waals surface area contributed by atoms with Crippen molar-refractivity contribution >= 4 is 5.69 Å². The van der Waals surface area contributed by atoms with E-state index in [0.717, 1.165) is 18.8 Å². The van der Waals surface area contributed by atoms with E-state index in [9.17, 15) is 0 Å². The van der Waals surface area contributed by atoms with E-state index >= 15 is 0 Å². The molecule has 0 fully saturated rings. The van der Waals surface area contributed by atoms with Crippen LogP contribution in [0.25, 0.3) is 0 Å². The van der Waals surface area contributed by atoms with Gasteiger partial charge in [0.1, 0.15) is 5.75 Å². The van der Waals surface area contributed by atoms with Gasteiger partial charge in [-0.25, -0.2) is 0 Å². The average Bonchev–Trinajstić information content (AvgIpc) is 2.41. The minimum absolute atomic E-state index is 0.678. The lowest BCUT2D eigenvalue weighted by Gasteiger charge is -2.27. The third-order valence-electron chi connectivity index (χ3n) is 3.94. The van der Waals surface area contributed by atoms with Crippen molar-refractivity contribution in [2.24, 2.45) is 5.92 Å². The molecule has 0 aromatic heterocycles. The Morgan fingerprint density at radius 2 is 1.95 bits per heavy atom. The lowest BCUT2D eigenvalue weighted by Crippen LogP contribution is -2.31. The van der Waals surface area contributed by atoms with Gasteiger partial charge >= 0.3 is 0 Å². The number of ether oxygens (including phenoxy) is 1. The van der Waals surface area contributed by atoms with Crippen LogP contribution in [-0.2, 0) is 0 Å². The van der Waals surface area contributed by atoms with E-state index in [1.807, 2.05) is 7.05 Å². The van der Waals surface area contributed by atoms with Gasteiger partial charge in [0.05, 0.1) is 7.11 Å². The summed E-state index contributed by atoms with van der Waals surface area (Å²) in [5, 5.41) is 3.27. The van der Waals surface area contributed by atoms with Crippen molar-refractivity contribution in [3.05, 3.63) is 23.3 Å². The molecule has 0 aliphatic rings. The van der Waals surface area contributed by atoms with Crippen LogP contribution in [0.4, 0.5) is 5.69 Å². The fourth-order valence-corrected chi connectivity index (χ4v) is 2.53. The summed E-state index contributed by atoms with van der Waals surface area (Å²) in [7, 11) is 5.92. The number of methoxy groups -OCH3 is 1. The Labute approximate surface area is 118 Å². The van der Waals surface area contributed by atoms with Crippen molar-refractivity contribution in [2.45, 2.75) is 27.2 Å². The molecule has 0 saturated carbocycles. The summed E-state index contributed by atoms with van der Waals surface area (Å²) in [6, 6.07) is 4.22. The Morgan fingerprint density at radius 1 is 1.26 bits per heavy atom. The molecule has 1 aromatic carbocycles. The van der Waals surface area contributed by atoms with Crippen LogP contribution in [0.5, 0.6) is 5.75 Å². The standard InChI is InChI=1S/C16H28N2O/c1-7-14(10-17-4)11-18(5)15-8-9-16(19-6)13(3)12(15)2/h8-9,14,17H,7,10-11H2,1-6H3. The maximum absolute atomic E-state index is 5.37. The Kier molecular flexibility index (Phi) is 6.16. The van der Waals surface area contributed by atoms with Crippen LogP contribution in [0.2, 0.25) is 0 Å². The second kappa shape index (κ2) is 7.39. The van der Waals surface area contributed by atoms with Crippen molar-refractivity contribution in [3.8, 4) is 5.75 Å². The Bertz CT molecular complexity index is 404. The summed E-state index contributed by atoms with van der Waals surface area (Å²) in [5.74, 6) is 1.65. The van der Waals surface area contributed by atoms with E-state index in [0.29, 0.717) is 5.92 Å². The number of hydrogen-bond donors (Lipinski definition) is 1. The third kappa shape index (κ3) is 3.87. The molecular weight excluding hydrogens is 236 g/mol. The molecule has 0 aliphatic heterocycles.